The van der Waals surface area contributed by atoms with E-state index in [0.717, 1.165) is 55.4 Å². The van der Waals surface area contributed by atoms with E-state index in [1.807, 2.05) is 4.90 Å². The van der Waals surface area contributed by atoms with Crippen LogP contribution in [-0.4, -0.2) is 71.9 Å². The fraction of sp³-hybridized carbons (Fsp3) is 0.421. The van der Waals surface area contributed by atoms with Gasteiger partial charge in [0.25, 0.3) is 5.91 Å². The third kappa shape index (κ3) is 3.54. The van der Waals surface area contributed by atoms with E-state index in [4.69, 9.17) is 0 Å². The highest BCUT2D eigenvalue weighted by molar-refractivity contribution is 7.17. The SMILES string of the molecule is CN1CCN(C(=O)c2cnc(N3CCc4cc(O)c(C=O)cc4C3)s2)CC1. The normalized spacial score (nSPS) is 17.7. The number of thiazole rings is 1. The molecule has 2 aliphatic heterocycles. The first-order valence-corrected chi connectivity index (χ1v) is 9.85. The number of anilines is 1. The van der Waals surface area contributed by atoms with E-state index in [-0.39, 0.29) is 11.7 Å². The number of fused-ring (bicyclic) bond motifs is 1. The zero-order chi connectivity index (χ0) is 19.0. The van der Waals surface area contributed by atoms with Crippen LogP contribution in [0.15, 0.2) is 18.3 Å². The summed E-state index contributed by atoms with van der Waals surface area (Å²) in [6.07, 6.45) is 3.11. The van der Waals surface area contributed by atoms with Crippen LogP contribution in [0.4, 0.5) is 5.13 Å². The molecule has 2 aliphatic rings. The number of carbonyl (C=O) groups is 2. The molecule has 1 amide bonds. The average molecular weight is 386 g/mol. The van der Waals surface area contributed by atoms with Crippen LogP contribution in [0.3, 0.4) is 0 Å². The van der Waals surface area contributed by atoms with Crippen LogP contribution < -0.4 is 4.90 Å². The summed E-state index contributed by atoms with van der Waals surface area (Å²) < 4.78 is 0. The molecule has 1 N–H and O–H groups in total. The molecule has 4 rings (SSSR count). The van der Waals surface area contributed by atoms with Gasteiger partial charge >= 0.3 is 0 Å². The summed E-state index contributed by atoms with van der Waals surface area (Å²) in [6.45, 7) is 4.67. The molecule has 27 heavy (non-hydrogen) atoms. The predicted octanol–water partition coefficient (Wildman–Crippen LogP) is 1.61. The number of aromatic nitrogens is 1. The fourth-order valence-corrected chi connectivity index (χ4v) is 4.46. The molecule has 0 atom stereocenters. The van der Waals surface area contributed by atoms with Crippen molar-refractivity contribution in [3.63, 3.8) is 0 Å². The third-order valence-corrected chi connectivity index (χ3v) is 6.30. The van der Waals surface area contributed by atoms with Gasteiger partial charge in [-0.2, -0.15) is 0 Å². The number of phenols is 1. The molecule has 8 heteroatoms. The molecule has 0 radical (unpaired) electrons. The number of hydrogen-bond donors (Lipinski definition) is 1. The van der Waals surface area contributed by atoms with Gasteiger partial charge in [-0.1, -0.05) is 11.3 Å². The molecule has 0 unspecified atom stereocenters. The van der Waals surface area contributed by atoms with Gasteiger partial charge in [0, 0.05) is 39.3 Å². The largest absolute Gasteiger partial charge is 0.507 e. The lowest BCUT2D eigenvalue weighted by molar-refractivity contribution is 0.0668. The Balaban J connectivity index is 1.49. The molecule has 2 aromatic rings. The highest BCUT2D eigenvalue weighted by atomic mass is 32.1. The van der Waals surface area contributed by atoms with E-state index in [2.05, 4.69) is 21.8 Å². The first-order valence-electron chi connectivity index (χ1n) is 9.03. The van der Waals surface area contributed by atoms with Crippen molar-refractivity contribution in [3.05, 3.63) is 39.9 Å². The molecule has 1 fully saturated rings. The molecule has 3 heterocycles. The van der Waals surface area contributed by atoms with Gasteiger partial charge in [0.15, 0.2) is 11.4 Å². The van der Waals surface area contributed by atoms with Crippen LogP contribution in [0.2, 0.25) is 0 Å². The number of rotatable bonds is 3. The van der Waals surface area contributed by atoms with E-state index in [9.17, 15) is 14.7 Å². The van der Waals surface area contributed by atoms with E-state index in [0.29, 0.717) is 23.3 Å². The molecule has 7 nitrogen and oxygen atoms in total. The summed E-state index contributed by atoms with van der Waals surface area (Å²) in [5.41, 5.74) is 2.38. The van der Waals surface area contributed by atoms with Crippen molar-refractivity contribution >= 4 is 28.7 Å². The van der Waals surface area contributed by atoms with E-state index in [1.165, 1.54) is 11.3 Å². The average Bonchev–Trinajstić information content (AvgIpc) is 3.17. The van der Waals surface area contributed by atoms with E-state index >= 15 is 0 Å². The summed E-state index contributed by atoms with van der Waals surface area (Å²) in [4.78, 5) is 35.2. The molecule has 142 valence electrons. The molecule has 1 aromatic carbocycles. The van der Waals surface area contributed by atoms with Crippen molar-refractivity contribution < 1.29 is 14.7 Å². The van der Waals surface area contributed by atoms with Crippen molar-refractivity contribution in [2.75, 3.05) is 44.7 Å². The number of likely N-dealkylation sites (N-methyl/N-ethyl adjacent to an activating group) is 1. The molecule has 0 aliphatic carbocycles. The summed E-state index contributed by atoms with van der Waals surface area (Å²) in [6, 6.07) is 3.42. The standard InChI is InChI=1S/C19H22N4O3S/c1-21-4-6-22(7-5-21)18(26)17-10-20-19(27-17)23-3-2-13-9-16(25)15(12-24)8-14(13)11-23/h8-10,12,25H,2-7,11H2,1H3. The van der Waals surface area contributed by atoms with Gasteiger partial charge in [0.2, 0.25) is 0 Å². The van der Waals surface area contributed by atoms with Crippen LogP contribution in [0.25, 0.3) is 0 Å². The summed E-state index contributed by atoms with van der Waals surface area (Å²) in [5.74, 6) is 0.0870. The van der Waals surface area contributed by atoms with Gasteiger partial charge in [-0.05, 0) is 36.7 Å². The Labute approximate surface area is 161 Å². The quantitative estimate of drug-likeness (QED) is 0.808. The number of piperazine rings is 1. The van der Waals surface area contributed by atoms with Gasteiger partial charge < -0.3 is 19.8 Å². The first kappa shape index (κ1) is 17.9. The minimum absolute atomic E-state index is 0.0338. The molecule has 0 bridgehead atoms. The number of aldehydes is 1. The van der Waals surface area contributed by atoms with Crippen LogP contribution in [0, 0.1) is 0 Å². The lowest BCUT2D eigenvalue weighted by Gasteiger charge is -2.32. The summed E-state index contributed by atoms with van der Waals surface area (Å²) >= 11 is 1.42. The van der Waals surface area contributed by atoms with Crippen LogP contribution in [0.5, 0.6) is 5.75 Å². The van der Waals surface area contributed by atoms with Crippen molar-refractivity contribution in [1.82, 2.24) is 14.8 Å². The summed E-state index contributed by atoms with van der Waals surface area (Å²) in [5, 5.41) is 10.7. The minimum Gasteiger partial charge on any atom is -0.507 e. The molecular formula is C19H22N4O3S. The molecular weight excluding hydrogens is 364 g/mol. The second kappa shape index (κ2) is 7.28. The van der Waals surface area contributed by atoms with E-state index < -0.39 is 0 Å². The topological polar surface area (TPSA) is 77.0 Å². The maximum absolute atomic E-state index is 12.7. The number of hydrogen-bond acceptors (Lipinski definition) is 7. The predicted molar refractivity (Wildman–Crippen MR) is 104 cm³/mol. The van der Waals surface area contributed by atoms with Crippen molar-refractivity contribution in [3.8, 4) is 5.75 Å². The van der Waals surface area contributed by atoms with Crippen molar-refractivity contribution in [1.29, 1.82) is 0 Å². The maximum atomic E-state index is 12.7. The zero-order valence-corrected chi connectivity index (χ0v) is 16.0. The lowest BCUT2D eigenvalue weighted by Crippen LogP contribution is -2.46. The maximum Gasteiger partial charge on any atom is 0.265 e. The highest BCUT2D eigenvalue weighted by Gasteiger charge is 2.25. The number of carbonyl (C=O) groups excluding carboxylic acids is 2. The molecule has 1 saturated heterocycles. The van der Waals surface area contributed by atoms with Crippen LogP contribution in [0.1, 0.15) is 31.2 Å². The monoisotopic (exact) mass is 386 g/mol. The number of phenolic OH excluding ortho intramolecular Hbond substituents is 1. The fourth-order valence-electron chi connectivity index (χ4n) is 3.55. The van der Waals surface area contributed by atoms with Gasteiger partial charge in [0.05, 0.1) is 11.8 Å². The zero-order valence-electron chi connectivity index (χ0n) is 15.2. The molecule has 0 saturated carbocycles. The van der Waals surface area contributed by atoms with Crippen LogP contribution >= 0.6 is 11.3 Å². The Kier molecular flexibility index (Phi) is 4.84. The van der Waals surface area contributed by atoms with Crippen LogP contribution in [-0.2, 0) is 13.0 Å². The van der Waals surface area contributed by atoms with Gasteiger partial charge in [-0.15, -0.1) is 0 Å². The number of nitrogens with zero attached hydrogens (tertiary/aromatic N) is 4. The summed E-state index contributed by atoms with van der Waals surface area (Å²) in [7, 11) is 2.07. The number of benzene rings is 1. The Hall–Kier alpha value is -2.45. The Morgan fingerprint density at radius 3 is 2.70 bits per heavy atom. The molecule has 1 aromatic heterocycles. The van der Waals surface area contributed by atoms with Crippen molar-refractivity contribution in [2.24, 2.45) is 0 Å². The van der Waals surface area contributed by atoms with E-state index in [1.54, 1.807) is 18.3 Å². The second-order valence-corrected chi connectivity index (χ2v) is 8.08. The van der Waals surface area contributed by atoms with Gasteiger partial charge in [0.1, 0.15) is 10.6 Å². The Morgan fingerprint density at radius 2 is 1.96 bits per heavy atom. The van der Waals surface area contributed by atoms with Gasteiger partial charge in [-0.25, -0.2) is 4.98 Å². The molecule has 0 spiro atoms. The Morgan fingerprint density at radius 1 is 1.19 bits per heavy atom. The minimum atomic E-state index is 0.0338. The third-order valence-electron chi connectivity index (χ3n) is 5.25. The number of amides is 1. The second-order valence-electron chi connectivity index (χ2n) is 7.07. The smallest absolute Gasteiger partial charge is 0.265 e. The first-order chi connectivity index (χ1) is 13.0. The van der Waals surface area contributed by atoms with Crippen molar-refractivity contribution in [2.45, 2.75) is 13.0 Å². The lowest BCUT2D eigenvalue weighted by atomic mass is 9.97. The number of aromatic hydroxyl groups is 1. The highest BCUT2D eigenvalue weighted by Crippen LogP contribution is 2.31. The van der Waals surface area contributed by atoms with Gasteiger partial charge in [-0.3, -0.25) is 9.59 Å². The Bertz CT molecular complexity index is 874.